The third kappa shape index (κ3) is 4.44. The highest BCUT2D eigenvalue weighted by Gasteiger charge is 2.24. The quantitative estimate of drug-likeness (QED) is 0.809. The third-order valence-electron chi connectivity index (χ3n) is 4.22. The third-order valence-corrected chi connectivity index (χ3v) is 4.22. The molecule has 5 heteroatoms. The Morgan fingerprint density at radius 2 is 2.00 bits per heavy atom. The van der Waals surface area contributed by atoms with Gasteiger partial charge in [0.15, 0.2) is 11.6 Å². The molecule has 0 aliphatic carbocycles. The average molecular weight is 308 g/mol. The van der Waals surface area contributed by atoms with Crippen LogP contribution < -0.4 is 4.74 Å². The summed E-state index contributed by atoms with van der Waals surface area (Å²) in [5.41, 5.74) is 0. The predicted molar refractivity (Wildman–Crippen MR) is 84.4 cm³/mol. The van der Waals surface area contributed by atoms with Crippen molar-refractivity contribution in [2.75, 3.05) is 33.3 Å². The van der Waals surface area contributed by atoms with Gasteiger partial charge in [-0.2, -0.15) is 0 Å². The largest absolute Gasteiger partial charge is 0.489 e. The molecule has 1 aromatic carbocycles. The SMILES string of the molecule is CC(C(=O)N1CCCCC1)N(C)CCOc1ccccc1F. The lowest BCUT2D eigenvalue weighted by atomic mass is 10.1. The Balaban J connectivity index is 1.77. The maximum atomic E-state index is 13.4. The van der Waals surface area contributed by atoms with E-state index in [2.05, 4.69) is 0 Å². The number of carbonyl (C=O) groups excluding carboxylic acids is 1. The monoisotopic (exact) mass is 308 g/mol. The number of ether oxygens (including phenoxy) is 1. The molecule has 1 amide bonds. The molecule has 1 aromatic rings. The highest BCUT2D eigenvalue weighted by Crippen LogP contribution is 2.15. The molecule has 1 atom stereocenters. The zero-order valence-electron chi connectivity index (χ0n) is 13.4. The van der Waals surface area contributed by atoms with Gasteiger partial charge in [0.2, 0.25) is 5.91 Å². The minimum Gasteiger partial charge on any atom is -0.489 e. The van der Waals surface area contributed by atoms with Gasteiger partial charge in [-0.15, -0.1) is 0 Å². The molecule has 2 rings (SSSR count). The van der Waals surface area contributed by atoms with Crippen LogP contribution in [0.2, 0.25) is 0 Å². The molecular formula is C17H25FN2O2. The summed E-state index contributed by atoms with van der Waals surface area (Å²) in [5, 5.41) is 0. The normalized spacial score (nSPS) is 16.6. The molecule has 0 bridgehead atoms. The fourth-order valence-corrected chi connectivity index (χ4v) is 2.62. The zero-order valence-corrected chi connectivity index (χ0v) is 13.4. The van der Waals surface area contributed by atoms with E-state index in [1.54, 1.807) is 18.2 Å². The van der Waals surface area contributed by atoms with Crippen LogP contribution in [0.1, 0.15) is 26.2 Å². The van der Waals surface area contributed by atoms with Gasteiger partial charge in [-0.3, -0.25) is 9.69 Å². The summed E-state index contributed by atoms with van der Waals surface area (Å²) in [6.07, 6.45) is 3.40. The smallest absolute Gasteiger partial charge is 0.239 e. The van der Waals surface area contributed by atoms with Crippen molar-refractivity contribution in [2.24, 2.45) is 0 Å². The highest BCUT2D eigenvalue weighted by atomic mass is 19.1. The van der Waals surface area contributed by atoms with E-state index < -0.39 is 0 Å². The molecule has 122 valence electrons. The molecule has 0 aromatic heterocycles. The second-order valence-corrected chi connectivity index (χ2v) is 5.82. The van der Waals surface area contributed by atoms with Crippen molar-refractivity contribution >= 4 is 5.91 Å². The number of nitrogens with zero attached hydrogens (tertiary/aromatic N) is 2. The van der Waals surface area contributed by atoms with Crippen molar-refractivity contribution in [3.63, 3.8) is 0 Å². The van der Waals surface area contributed by atoms with E-state index in [1.807, 2.05) is 23.8 Å². The number of amides is 1. The van der Waals surface area contributed by atoms with Gasteiger partial charge in [-0.1, -0.05) is 12.1 Å². The van der Waals surface area contributed by atoms with Crippen LogP contribution in [0.5, 0.6) is 5.75 Å². The van der Waals surface area contributed by atoms with Gasteiger partial charge in [-0.05, 0) is 45.4 Å². The molecule has 0 N–H and O–H groups in total. The summed E-state index contributed by atoms with van der Waals surface area (Å²) in [6, 6.07) is 6.18. The van der Waals surface area contributed by atoms with Gasteiger partial charge in [0.1, 0.15) is 6.61 Å². The van der Waals surface area contributed by atoms with Crippen LogP contribution in [0.15, 0.2) is 24.3 Å². The number of benzene rings is 1. The molecule has 22 heavy (non-hydrogen) atoms. The van der Waals surface area contributed by atoms with Crippen molar-refractivity contribution in [3.8, 4) is 5.75 Å². The van der Waals surface area contributed by atoms with E-state index in [4.69, 9.17) is 4.74 Å². The first-order valence-electron chi connectivity index (χ1n) is 7.96. The Bertz CT molecular complexity index is 489. The van der Waals surface area contributed by atoms with E-state index in [9.17, 15) is 9.18 Å². The first-order chi connectivity index (χ1) is 10.6. The minimum absolute atomic E-state index is 0.174. The second kappa shape index (κ2) is 8.13. The van der Waals surface area contributed by atoms with Crippen LogP contribution in [-0.4, -0.2) is 55.0 Å². The number of likely N-dealkylation sites (N-methyl/N-ethyl adjacent to an activating group) is 1. The molecule has 1 unspecified atom stereocenters. The first-order valence-corrected chi connectivity index (χ1v) is 7.96. The Hall–Kier alpha value is -1.62. The lowest BCUT2D eigenvalue weighted by Crippen LogP contribution is -2.48. The van der Waals surface area contributed by atoms with Gasteiger partial charge in [0.05, 0.1) is 6.04 Å². The maximum Gasteiger partial charge on any atom is 0.239 e. The lowest BCUT2D eigenvalue weighted by Gasteiger charge is -2.32. The van der Waals surface area contributed by atoms with Gasteiger partial charge >= 0.3 is 0 Å². The molecule has 0 spiro atoms. The number of carbonyl (C=O) groups is 1. The fraction of sp³-hybridized carbons (Fsp3) is 0.588. The van der Waals surface area contributed by atoms with Crippen molar-refractivity contribution in [3.05, 3.63) is 30.1 Å². The first kappa shape index (κ1) is 16.7. The van der Waals surface area contributed by atoms with Crippen LogP contribution in [0.4, 0.5) is 4.39 Å². The van der Waals surface area contributed by atoms with Crippen LogP contribution in [0, 0.1) is 5.82 Å². The summed E-state index contributed by atoms with van der Waals surface area (Å²) >= 11 is 0. The molecule has 1 aliphatic heterocycles. The maximum absolute atomic E-state index is 13.4. The van der Waals surface area contributed by atoms with Gasteiger partial charge in [0.25, 0.3) is 0 Å². The van der Waals surface area contributed by atoms with Crippen molar-refractivity contribution in [2.45, 2.75) is 32.2 Å². The number of hydrogen-bond acceptors (Lipinski definition) is 3. The average Bonchev–Trinajstić information content (AvgIpc) is 2.56. The Labute approximate surface area is 131 Å². The molecule has 1 heterocycles. The van der Waals surface area contributed by atoms with E-state index in [-0.39, 0.29) is 23.5 Å². The summed E-state index contributed by atoms with van der Waals surface area (Å²) in [5.74, 6) is 0.0709. The van der Waals surface area contributed by atoms with Crippen molar-refractivity contribution < 1.29 is 13.9 Å². The number of hydrogen-bond donors (Lipinski definition) is 0. The predicted octanol–water partition coefficient (Wildman–Crippen LogP) is 2.54. The molecule has 1 fully saturated rings. The summed E-state index contributed by atoms with van der Waals surface area (Å²) < 4.78 is 18.9. The van der Waals surface area contributed by atoms with Gasteiger partial charge in [-0.25, -0.2) is 4.39 Å². The van der Waals surface area contributed by atoms with Crippen LogP contribution in [0.25, 0.3) is 0 Å². The summed E-state index contributed by atoms with van der Waals surface area (Å²) in [4.78, 5) is 16.3. The standard InChI is InChI=1S/C17H25FN2O2/c1-14(17(21)20-10-6-3-7-11-20)19(2)12-13-22-16-9-5-4-8-15(16)18/h4-5,8-9,14H,3,6-7,10-13H2,1-2H3. The van der Waals surface area contributed by atoms with Crippen LogP contribution in [0.3, 0.4) is 0 Å². The molecule has 1 saturated heterocycles. The molecular weight excluding hydrogens is 283 g/mol. The summed E-state index contributed by atoms with van der Waals surface area (Å²) in [6.45, 7) is 4.58. The molecule has 4 nitrogen and oxygen atoms in total. The van der Waals surface area contributed by atoms with Crippen LogP contribution in [-0.2, 0) is 4.79 Å². The Morgan fingerprint density at radius 3 is 2.68 bits per heavy atom. The topological polar surface area (TPSA) is 32.8 Å². The number of piperidine rings is 1. The number of halogens is 1. The fourth-order valence-electron chi connectivity index (χ4n) is 2.62. The van der Waals surface area contributed by atoms with E-state index >= 15 is 0 Å². The van der Waals surface area contributed by atoms with E-state index in [1.165, 1.54) is 12.5 Å². The van der Waals surface area contributed by atoms with Gasteiger partial charge < -0.3 is 9.64 Å². The molecule has 0 saturated carbocycles. The van der Waals surface area contributed by atoms with E-state index in [0.29, 0.717) is 13.2 Å². The minimum atomic E-state index is -0.359. The number of para-hydroxylation sites is 1. The van der Waals surface area contributed by atoms with Crippen molar-refractivity contribution in [1.29, 1.82) is 0 Å². The Kier molecular flexibility index (Phi) is 6.19. The Morgan fingerprint density at radius 1 is 1.32 bits per heavy atom. The molecule has 1 aliphatic rings. The lowest BCUT2D eigenvalue weighted by molar-refractivity contribution is -0.136. The van der Waals surface area contributed by atoms with E-state index in [0.717, 1.165) is 25.9 Å². The van der Waals surface area contributed by atoms with Crippen molar-refractivity contribution in [1.82, 2.24) is 9.80 Å². The summed E-state index contributed by atoms with van der Waals surface area (Å²) in [7, 11) is 1.90. The van der Waals surface area contributed by atoms with Crippen LogP contribution >= 0.6 is 0 Å². The zero-order chi connectivity index (χ0) is 15.9. The van der Waals surface area contributed by atoms with Gasteiger partial charge in [0, 0.05) is 19.6 Å². The molecule has 0 radical (unpaired) electrons. The number of likely N-dealkylation sites (tertiary alicyclic amines) is 1. The highest BCUT2D eigenvalue weighted by molar-refractivity contribution is 5.81. The number of rotatable bonds is 6. The second-order valence-electron chi connectivity index (χ2n) is 5.82.